The van der Waals surface area contributed by atoms with E-state index in [9.17, 15) is 4.79 Å². The molecule has 2 aromatic carbocycles. The van der Waals surface area contributed by atoms with Crippen LogP contribution in [-0.4, -0.2) is 29.1 Å². The number of aromatic amines is 1. The molecule has 1 atom stereocenters. The van der Waals surface area contributed by atoms with Gasteiger partial charge in [-0.25, -0.2) is 4.98 Å². The van der Waals surface area contributed by atoms with Gasteiger partial charge in [-0.3, -0.25) is 10.1 Å². The van der Waals surface area contributed by atoms with Crippen molar-refractivity contribution in [2.24, 2.45) is 0 Å². The topological polar surface area (TPSA) is 93.0 Å². The van der Waals surface area contributed by atoms with Crippen molar-refractivity contribution in [2.45, 2.75) is 19.0 Å². The number of nitrogens with two attached hydrogens (primary N) is 1. The van der Waals surface area contributed by atoms with E-state index in [0.717, 1.165) is 32.9 Å². The highest BCUT2D eigenvalue weighted by atomic mass is 16.5. The average Bonchev–Trinajstić information content (AvgIpc) is 3.13. The maximum atomic E-state index is 12.4. The lowest BCUT2D eigenvalue weighted by Crippen LogP contribution is -2.39. The average molecular weight is 374 g/mol. The molecule has 0 bridgehead atoms. The fourth-order valence-electron chi connectivity index (χ4n) is 3.45. The summed E-state index contributed by atoms with van der Waals surface area (Å²) in [6.45, 7) is 0.422. The van der Waals surface area contributed by atoms with Gasteiger partial charge in [-0.1, -0.05) is 36.4 Å². The molecular formula is C22H22N4O2. The molecule has 4 N–H and O–H groups in total. The van der Waals surface area contributed by atoms with Crippen LogP contribution >= 0.6 is 0 Å². The van der Waals surface area contributed by atoms with E-state index in [4.69, 9.17) is 10.5 Å². The minimum atomic E-state index is -0.491. The molecule has 0 saturated carbocycles. The summed E-state index contributed by atoms with van der Waals surface area (Å²) in [5, 5.41) is 5.40. The minimum absolute atomic E-state index is 0.308. The van der Waals surface area contributed by atoms with Crippen LogP contribution in [0.25, 0.3) is 21.8 Å². The molecule has 2 heterocycles. The molecule has 0 saturated heterocycles. The summed E-state index contributed by atoms with van der Waals surface area (Å²) in [5.74, 6) is 0.152. The predicted molar refractivity (Wildman–Crippen MR) is 111 cm³/mol. The fourth-order valence-corrected chi connectivity index (χ4v) is 3.45. The number of carbonyl (C=O) groups excluding carboxylic acids is 1. The summed E-state index contributed by atoms with van der Waals surface area (Å²) < 4.78 is 5.00. The Morgan fingerprint density at radius 1 is 1.18 bits per heavy atom. The number of benzene rings is 2. The second-order valence-corrected chi connectivity index (χ2v) is 6.75. The van der Waals surface area contributed by atoms with Crippen LogP contribution in [-0.2, 0) is 22.5 Å². The van der Waals surface area contributed by atoms with Crippen molar-refractivity contribution < 1.29 is 9.53 Å². The number of nitrogens with one attached hydrogen (secondary N) is 2. The lowest BCUT2D eigenvalue weighted by Gasteiger charge is -2.17. The Kier molecular flexibility index (Phi) is 4.95. The molecule has 0 amide bonds. The van der Waals surface area contributed by atoms with Gasteiger partial charge in [0.15, 0.2) is 0 Å². The van der Waals surface area contributed by atoms with Gasteiger partial charge < -0.3 is 15.5 Å². The second-order valence-electron chi connectivity index (χ2n) is 6.75. The maximum Gasteiger partial charge on any atom is 0.323 e. The highest BCUT2D eigenvalue weighted by Crippen LogP contribution is 2.21. The number of nitrogen functional groups attached to an aromatic ring is 1. The van der Waals surface area contributed by atoms with E-state index in [1.165, 1.54) is 7.11 Å². The first-order chi connectivity index (χ1) is 13.7. The standard InChI is InChI=1S/C22H22N4O2/c1-28-22(27)20(11-15-12-24-19-9-5-3-7-17(15)19)25-13-16-10-14-6-2-4-8-18(14)26-21(16)23/h2-10,12,20,24-25H,11,13H2,1H3,(H2,23,26)/t20-/m0/s1. The van der Waals surface area contributed by atoms with Crippen molar-refractivity contribution in [3.63, 3.8) is 0 Å². The Bertz CT molecular complexity index is 1140. The molecule has 28 heavy (non-hydrogen) atoms. The Morgan fingerprint density at radius 3 is 2.82 bits per heavy atom. The third-order valence-corrected chi connectivity index (χ3v) is 4.96. The highest BCUT2D eigenvalue weighted by molar-refractivity contribution is 5.85. The number of carbonyl (C=O) groups is 1. The van der Waals surface area contributed by atoms with E-state index in [1.54, 1.807) is 0 Å². The number of methoxy groups -OCH3 is 1. The van der Waals surface area contributed by atoms with Crippen LogP contribution in [0.5, 0.6) is 0 Å². The van der Waals surface area contributed by atoms with Gasteiger partial charge in [0.25, 0.3) is 0 Å². The summed E-state index contributed by atoms with van der Waals surface area (Å²) in [6.07, 6.45) is 2.45. The summed E-state index contributed by atoms with van der Waals surface area (Å²) in [7, 11) is 1.40. The van der Waals surface area contributed by atoms with Crippen molar-refractivity contribution in [3.05, 3.63) is 71.9 Å². The summed E-state index contributed by atoms with van der Waals surface area (Å²) >= 11 is 0. The molecule has 0 radical (unpaired) electrons. The van der Waals surface area contributed by atoms with Gasteiger partial charge in [-0.15, -0.1) is 0 Å². The molecule has 142 valence electrons. The summed E-state index contributed by atoms with van der Waals surface area (Å²) in [6, 6.07) is 17.4. The van der Waals surface area contributed by atoms with E-state index < -0.39 is 6.04 Å². The number of pyridine rings is 1. The number of anilines is 1. The maximum absolute atomic E-state index is 12.4. The van der Waals surface area contributed by atoms with Crippen LogP contribution in [0.1, 0.15) is 11.1 Å². The number of hydrogen-bond donors (Lipinski definition) is 3. The first kappa shape index (κ1) is 18.0. The number of H-pyrrole nitrogens is 1. The highest BCUT2D eigenvalue weighted by Gasteiger charge is 2.21. The van der Waals surface area contributed by atoms with E-state index in [1.807, 2.05) is 60.8 Å². The number of aromatic nitrogens is 2. The smallest absolute Gasteiger partial charge is 0.323 e. The largest absolute Gasteiger partial charge is 0.468 e. The van der Waals surface area contributed by atoms with Gasteiger partial charge in [0.05, 0.1) is 12.6 Å². The zero-order valence-corrected chi connectivity index (χ0v) is 15.6. The molecule has 4 rings (SSSR count). The van der Waals surface area contributed by atoms with E-state index in [0.29, 0.717) is 18.8 Å². The number of para-hydroxylation sites is 2. The zero-order valence-electron chi connectivity index (χ0n) is 15.6. The van der Waals surface area contributed by atoms with Gasteiger partial charge in [0.1, 0.15) is 11.9 Å². The third-order valence-electron chi connectivity index (χ3n) is 4.96. The van der Waals surface area contributed by atoms with E-state index >= 15 is 0 Å². The molecule has 6 heteroatoms. The SMILES string of the molecule is COC(=O)[C@H](Cc1c[nH]c2ccccc12)NCc1cc2ccccc2nc1N. The van der Waals surface area contributed by atoms with Crippen LogP contribution in [0.15, 0.2) is 60.8 Å². The number of esters is 1. The molecule has 0 aliphatic carbocycles. The van der Waals surface area contributed by atoms with Crippen LogP contribution in [0.3, 0.4) is 0 Å². The Balaban J connectivity index is 1.56. The molecule has 0 fully saturated rings. The van der Waals surface area contributed by atoms with Gasteiger partial charge in [-0.2, -0.15) is 0 Å². The van der Waals surface area contributed by atoms with Crippen LogP contribution in [0, 0.1) is 0 Å². The van der Waals surface area contributed by atoms with Gasteiger partial charge in [0, 0.05) is 41.0 Å². The summed E-state index contributed by atoms with van der Waals surface area (Å²) in [4.78, 5) is 20.0. The first-order valence-corrected chi connectivity index (χ1v) is 9.16. The van der Waals surface area contributed by atoms with Gasteiger partial charge >= 0.3 is 5.97 Å². The fraction of sp³-hybridized carbons (Fsp3) is 0.182. The molecule has 2 aromatic heterocycles. The Labute approximate surface area is 162 Å². The molecule has 6 nitrogen and oxygen atoms in total. The quantitative estimate of drug-likeness (QED) is 0.451. The normalized spacial score (nSPS) is 12.3. The van der Waals surface area contributed by atoms with E-state index in [-0.39, 0.29) is 5.97 Å². The van der Waals surface area contributed by atoms with Gasteiger partial charge in [0.2, 0.25) is 0 Å². The molecule has 0 unspecified atom stereocenters. The number of rotatable bonds is 6. The lowest BCUT2D eigenvalue weighted by molar-refractivity contribution is -0.143. The number of nitrogens with zero attached hydrogens (tertiary/aromatic N) is 1. The van der Waals surface area contributed by atoms with Crippen molar-refractivity contribution in [3.8, 4) is 0 Å². The molecular weight excluding hydrogens is 352 g/mol. The number of fused-ring (bicyclic) bond motifs is 2. The van der Waals surface area contributed by atoms with Crippen molar-refractivity contribution in [1.29, 1.82) is 0 Å². The lowest BCUT2D eigenvalue weighted by atomic mass is 10.0. The van der Waals surface area contributed by atoms with Crippen molar-refractivity contribution >= 4 is 33.6 Å². The minimum Gasteiger partial charge on any atom is -0.468 e. The zero-order chi connectivity index (χ0) is 19.5. The van der Waals surface area contributed by atoms with Crippen LogP contribution in [0.4, 0.5) is 5.82 Å². The summed E-state index contributed by atoms with van der Waals surface area (Å²) in [5.41, 5.74) is 9.93. The predicted octanol–water partition coefficient (Wildman–Crippen LogP) is 3.17. The van der Waals surface area contributed by atoms with Crippen LogP contribution in [0.2, 0.25) is 0 Å². The third kappa shape index (κ3) is 3.54. The Morgan fingerprint density at radius 2 is 1.96 bits per heavy atom. The molecule has 0 aliphatic heterocycles. The first-order valence-electron chi connectivity index (χ1n) is 9.16. The second kappa shape index (κ2) is 7.70. The number of ether oxygens (including phenoxy) is 1. The van der Waals surface area contributed by atoms with Crippen molar-refractivity contribution in [1.82, 2.24) is 15.3 Å². The molecule has 0 spiro atoms. The van der Waals surface area contributed by atoms with Gasteiger partial charge in [-0.05, 0) is 23.8 Å². The number of hydrogen-bond acceptors (Lipinski definition) is 5. The Hall–Kier alpha value is -3.38. The monoisotopic (exact) mass is 374 g/mol. The molecule has 4 aromatic rings. The van der Waals surface area contributed by atoms with Crippen molar-refractivity contribution in [2.75, 3.05) is 12.8 Å². The van der Waals surface area contributed by atoms with Crippen LogP contribution < -0.4 is 11.1 Å². The molecule has 0 aliphatic rings. The van der Waals surface area contributed by atoms with E-state index in [2.05, 4.69) is 15.3 Å².